The van der Waals surface area contributed by atoms with Gasteiger partial charge in [0.1, 0.15) is 6.04 Å². The number of rotatable bonds is 4. The summed E-state index contributed by atoms with van der Waals surface area (Å²) in [5.41, 5.74) is 1.16. The van der Waals surface area contributed by atoms with Crippen molar-refractivity contribution in [2.75, 3.05) is 6.54 Å². The molecule has 0 radical (unpaired) electrons. The van der Waals surface area contributed by atoms with Gasteiger partial charge in [-0.2, -0.15) is 15.5 Å². The average Bonchev–Trinajstić information content (AvgIpc) is 2.79. The highest BCUT2D eigenvalue weighted by Crippen LogP contribution is 2.35. The Morgan fingerprint density at radius 3 is 2.82 bits per heavy atom. The first kappa shape index (κ1) is 12.1. The normalized spacial score (nSPS) is 22.6. The number of halogens is 1. The van der Waals surface area contributed by atoms with Gasteiger partial charge in [0.2, 0.25) is 0 Å². The summed E-state index contributed by atoms with van der Waals surface area (Å²) in [6.45, 7) is 0.777. The maximum absolute atomic E-state index is 8.54. The summed E-state index contributed by atoms with van der Waals surface area (Å²) < 4.78 is 0. The van der Waals surface area contributed by atoms with Crippen molar-refractivity contribution < 1.29 is 0 Å². The molecule has 1 aromatic carbocycles. The molecule has 1 aromatic rings. The van der Waals surface area contributed by atoms with Gasteiger partial charge in [-0.3, -0.25) is 0 Å². The van der Waals surface area contributed by atoms with Crippen molar-refractivity contribution in [3.63, 3.8) is 0 Å². The summed E-state index contributed by atoms with van der Waals surface area (Å²) in [4.78, 5) is 0. The molecule has 4 heteroatoms. The summed E-state index contributed by atoms with van der Waals surface area (Å²) in [5.74, 6) is 0.435. The third-order valence-electron chi connectivity index (χ3n) is 3.04. The van der Waals surface area contributed by atoms with Crippen LogP contribution in [-0.4, -0.2) is 6.54 Å². The van der Waals surface area contributed by atoms with Crippen molar-refractivity contribution >= 4 is 11.6 Å². The van der Waals surface area contributed by atoms with Gasteiger partial charge in [0, 0.05) is 17.4 Å². The van der Waals surface area contributed by atoms with Gasteiger partial charge in [0.25, 0.3) is 0 Å². The standard InChI is InChI=1S/C13H14ClN3/c14-12-6-4-10(5-7-12)13-11(9-16-17-13)3-1-2-8-15/h4-7,11,13H,1-3,9H2. The number of benzene rings is 1. The molecule has 0 N–H and O–H groups in total. The van der Waals surface area contributed by atoms with Crippen LogP contribution >= 0.6 is 11.6 Å². The summed E-state index contributed by atoms with van der Waals surface area (Å²) in [7, 11) is 0. The van der Waals surface area contributed by atoms with Crippen LogP contribution in [-0.2, 0) is 0 Å². The van der Waals surface area contributed by atoms with Crippen LogP contribution in [0.3, 0.4) is 0 Å². The van der Waals surface area contributed by atoms with E-state index in [1.165, 1.54) is 0 Å². The molecule has 0 aliphatic carbocycles. The molecule has 0 amide bonds. The topological polar surface area (TPSA) is 48.5 Å². The number of nitriles is 1. The highest BCUT2D eigenvalue weighted by molar-refractivity contribution is 6.30. The van der Waals surface area contributed by atoms with Crippen LogP contribution in [0.15, 0.2) is 34.5 Å². The lowest BCUT2D eigenvalue weighted by Crippen LogP contribution is -2.09. The Balaban J connectivity index is 2.01. The number of azo groups is 1. The molecule has 1 heterocycles. The second kappa shape index (κ2) is 5.79. The molecule has 3 nitrogen and oxygen atoms in total. The fourth-order valence-electron chi connectivity index (χ4n) is 2.13. The number of hydrogen-bond acceptors (Lipinski definition) is 3. The van der Waals surface area contributed by atoms with Gasteiger partial charge in [-0.25, -0.2) is 0 Å². The summed E-state index contributed by atoms with van der Waals surface area (Å²) in [6, 6.07) is 10.1. The van der Waals surface area contributed by atoms with E-state index in [1.54, 1.807) is 0 Å². The van der Waals surface area contributed by atoms with E-state index in [4.69, 9.17) is 16.9 Å². The minimum atomic E-state index is 0.144. The van der Waals surface area contributed by atoms with E-state index in [9.17, 15) is 0 Å². The van der Waals surface area contributed by atoms with Crippen molar-refractivity contribution in [2.24, 2.45) is 16.1 Å². The van der Waals surface area contributed by atoms with E-state index in [0.29, 0.717) is 12.3 Å². The van der Waals surface area contributed by atoms with Crippen molar-refractivity contribution in [3.05, 3.63) is 34.9 Å². The molecule has 1 aliphatic rings. The van der Waals surface area contributed by atoms with E-state index in [1.807, 2.05) is 24.3 Å². The first-order chi connectivity index (χ1) is 8.31. The van der Waals surface area contributed by atoms with Crippen LogP contribution in [0.5, 0.6) is 0 Å². The first-order valence-corrected chi connectivity index (χ1v) is 6.18. The molecular formula is C13H14ClN3. The van der Waals surface area contributed by atoms with Crippen LogP contribution in [0.25, 0.3) is 0 Å². The van der Waals surface area contributed by atoms with Crippen molar-refractivity contribution in [1.29, 1.82) is 5.26 Å². The third-order valence-corrected chi connectivity index (χ3v) is 3.30. The minimum Gasteiger partial charge on any atom is -0.198 e. The quantitative estimate of drug-likeness (QED) is 0.737. The zero-order valence-electron chi connectivity index (χ0n) is 9.51. The summed E-state index contributed by atoms with van der Waals surface area (Å²) >= 11 is 5.87. The predicted molar refractivity (Wildman–Crippen MR) is 66.9 cm³/mol. The van der Waals surface area contributed by atoms with Crippen LogP contribution in [0.4, 0.5) is 0 Å². The van der Waals surface area contributed by atoms with Gasteiger partial charge in [0.15, 0.2) is 0 Å². The Kier molecular flexibility index (Phi) is 4.11. The molecule has 88 valence electrons. The zero-order valence-corrected chi connectivity index (χ0v) is 10.3. The van der Waals surface area contributed by atoms with Gasteiger partial charge in [-0.1, -0.05) is 23.7 Å². The van der Waals surface area contributed by atoms with Gasteiger partial charge >= 0.3 is 0 Å². The van der Waals surface area contributed by atoms with E-state index < -0.39 is 0 Å². The van der Waals surface area contributed by atoms with E-state index in [2.05, 4.69) is 16.3 Å². The molecule has 0 aromatic heterocycles. The average molecular weight is 248 g/mol. The Hall–Kier alpha value is -1.40. The number of nitrogens with zero attached hydrogens (tertiary/aromatic N) is 3. The predicted octanol–water partition coefficient (Wildman–Crippen LogP) is 4.16. The molecule has 17 heavy (non-hydrogen) atoms. The van der Waals surface area contributed by atoms with Crippen molar-refractivity contribution in [1.82, 2.24) is 0 Å². The number of unbranched alkanes of at least 4 members (excludes halogenated alkanes) is 1. The van der Waals surface area contributed by atoms with E-state index in [0.717, 1.165) is 30.0 Å². The molecule has 0 bridgehead atoms. The molecule has 2 rings (SSSR count). The fourth-order valence-corrected chi connectivity index (χ4v) is 2.25. The van der Waals surface area contributed by atoms with E-state index in [-0.39, 0.29) is 6.04 Å². The second-order valence-electron chi connectivity index (χ2n) is 4.25. The number of hydrogen-bond donors (Lipinski definition) is 0. The minimum absolute atomic E-state index is 0.144. The highest BCUT2D eigenvalue weighted by atomic mass is 35.5. The maximum Gasteiger partial charge on any atom is 0.100 e. The largest absolute Gasteiger partial charge is 0.198 e. The lowest BCUT2D eigenvalue weighted by atomic mass is 9.90. The summed E-state index contributed by atoms with van der Waals surface area (Å²) in [6.07, 6.45) is 2.55. The Morgan fingerprint density at radius 2 is 2.12 bits per heavy atom. The van der Waals surface area contributed by atoms with Gasteiger partial charge in [-0.15, -0.1) is 0 Å². The molecule has 0 saturated carbocycles. The Morgan fingerprint density at radius 1 is 1.35 bits per heavy atom. The molecular weight excluding hydrogens is 234 g/mol. The highest BCUT2D eigenvalue weighted by Gasteiger charge is 2.26. The maximum atomic E-state index is 8.54. The van der Waals surface area contributed by atoms with Crippen LogP contribution < -0.4 is 0 Å². The molecule has 0 spiro atoms. The van der Waals surface area contributed by atoms with Crippen LogP contribution in [0, 0.1) is 17.2 Å². The lowest BCUT2D eigenvalue weighted by molar-refractivity contribution is 0.449. The SMILES string of the molecule is N#CCCCC1CN=NC1c1ccc(Cl)cc1. The first-order valence-electron chi connectivity index (χ1n) is 5.80. The molecule has 0 fully saturated rings. The monoisotopic (exact) mass is 247 g/mol. The Labute approximate surface area is 106 Å². The zero-order chi connectivity index (χ0) is 12.1. The van der Waals surface area contributed by atoms with E-state index >= 15 is 0 Å². The second-order valence-corrected chi connectivity index (χ2v) is 4.68. The Bertz CT molecular complexity index is 433. The van der Waals surface area contributed by atoms with Gasteiger partial charge < -0.3 is 0 Å². The molecule has 2 atom stereocenters. The van der Waals surface area contributed by atoms with Crippen LogP contribution in [0.1, 0.15) is 30.9 Å². The molecule has 0 saturated heterocycles. The smallest absolute Gasteiger partial charge is 0.100 e. The molecule has 2 unspecified atom stereocenters. The summed E-state index contributed by atoms with van der Waals surface area (Å²) in [5, 5.41) is 17.7. The van der Waals surface area contributed by atoms with Gasteiger partial charge in [0.05, 0.1) is 12.6 Å². The third kappa shape index (κ3) is 3.04. The van der Waals surface area contributed by atoms with Crippen LogP contribution in [0.2, 0.25) is 5.02 Å². The van der Waals surface area contributed by atoms with Crippen molar-refractivity contribution in [2.45, 2.75) is 25.3 Å². The van der Waals surface area contributed by atoms with Crippen molar-refractivity contribution in [3.8, 4) is 6.07 Å². The lowest BCUT2D eigenvalue weighted by Gasteiger charge is -2.15. The fraction of sp³-hybridized carbons (Fsp3) is 0.462. The molecule has 1 aliphatic heterocycles. The van der Waals surface area contributed by atoms with Gasteiger partial charge in [-0.05, 0) is 30.5 Å².